The number of rotatable bonds is 2. The summed E-state index contributed by atoms with van der Waals surface area (Å²) in [6.07, 6.45) is -0.0451. The van der Waals surface area contributed by atoms with Crippen molar-refractivity contribution in [1.29, 1.82) is 0 Å². The van der Waals surface area contributed by atoms with Crippen molar-refractivity contribution in [2.45, 2.75) is 89.5 Å². The van der Waals surface area contributed by atoms with Crippen LogP contribution >= 0.6 is 0 Å². The minimum atomic E-state index is -4.59. The highest BCUT2D eigenvalue weighted by Gasteiger charge is 2.66. The van der Waals surface area contributed by atoms with Gasteiger partial charge in [-0.15, -0.1) is 0 Å². The fraction of sp³-hybridized carbons (Fsp3) is 1.00. The molecule has 0 aromatic carbocycles. The van der Waals surface area contributed by atoms with Gasteiger partial charge in [0, 0.05) is 6.61 Å². The van der Waals surface area contributed by atoms with Gasteiger partial charge in [0.1, 0.15) is 0 Å². The molecule has 4 saturated carbocycles. The van der Waals surface area contributed by atoms with Crippen LogP contribution in [0.5, 0.6) is 0 Å². The number of aliphatic hydroxyl groups is 3. The fourth-order valence-corrected chi connectivity index (χ4v) is 8.36. The Morgan fingerprint density at radius 2 is 1.68 bits per heavy atom. The molecule has 4 aliphatic carbocycles. The van der Waals surface area contributed by atoms with Crippen LogP contribution in [0.15, 0.2) is 0 Å². The Morgan fingerprint density at radius 1 is 0.964 bits per heavy atom. The Bertz CT molecular complexity index is 610. The molecule has 28 heavy (non-hydrogen) atoms. The van der Waals surface area contributed by atoms with Gasteiger partial charge in [-0.3, -0.25) is 0 Å². The van der Waals surface area contributed by atoms with Gasteiger partial charge in [-0.1, -0.05) is 13.8 Å². The van der Waals surface area contributed by atoms with E-state index in [4.69, 9.17) is 0 Å². The Balaban J connectivity index is 1.61. The quantitative estimate of drug-likeness (QED) is 0.643. The van der Waals surface area contributed by atoms with E-state index in [-0.39, 0.29) is 42.1 Å². The summed E-state index contributed by atoms with van der Waals surface area (Å²) in [5.41, 5.74) is -2.89. The molecule has 0 aliphatic heterocycles. The van der Waals surface area contributed by atoms with Crippen LogP contribution in [0.2, 0.25) is 0 Å². The molecule has 3 nitrogen and oxygen atoms in total. The first kappa shape index (κ1) is 20.9. The summed E-state index contributed by atoms with van der Waals surface area (Å²) < 4.78 is 40.3. The summed E-state index contributed by atoms with van der Waals surface area (Å²) in [5.74, 6) is 1.08. The first-order valence-corrected chi connectivity index (χ1v) is 11.0. The zero-order chi connectivity index (χ0) is 20.5. The lowest BCUT2D eigenvalue weighted by Crippen LogP contribution is -2.62. The largest absolute Gasteiger partial charge is 0.417 e. The van der Waals surface area contributed by atoms with Crippen LogP contribution in [0.1, 0.15) is 71.6 Å². The van der Waals surface area contributed by atoms with Crippen LogP contribution in [0.4, 0.5) is 13.2 Å². The topological polar surface area (TPSA) is 60.7 Å². The molecule has 0 heterocycles. The van der Waals surface area contributed by atoms with Gasteiger partial charge in [-0.05, 0) is 98.2 Å². The van der Waals surface area contributed by atoms with E-state index < -0.39 is 17.9 Å². The highest BCUT2D eigenvalue weighted by molar-refractivity contribution is 5.13. The van der Waals surface area contributed by atoms with E-state index in [0.29, 0.717) is 37.0 Å². The van der Waals surface area contributed by atoms with Crippen molar-refractivity contribution >= 4 is 0 Å². The molecule has 0 radical (unpaired) electrons. The average Bonchev–Trinajstić information content (AvgIpc) is 2.91. The Hall–Kier alpha value is -0.330. The van der Waals surface area contributed by atoms with Crippen LogP contribution in [-0.4, -0.2) is 39.8 Å². The van der Waals surface area contributed by atoms with E-state index in [2.05, 4.69) is 13.8 Å². The lowest BCUT2D eigenvalue weighted by Gasteiger charge is -2.63. The molecule has 4 aliphatic rings. The van der Waals surface area contributed by atoms with Crippen LogP contribution < -0.4 is 0 Å². The number of hydrogen-bond acceptors (Lipinski definition) is 3. The van der Waals surface area contributed by atoms with Crippen LogP contribution in [0.25, 0.3) is 0 Å². The van der Waals surface area contributed by atoms with Crippen molar-refractivity contribution < 1.29 is 28.5 Å². The summed E-state index contributed by atoms with van der Waals surface area (Å²) in [6.45, 7) is 4.52. The summed E-state index contributed by atoms with van der Waals surface area (Å²) in [5, 5.41) is 31.0. The highest BCUT2D eigenvalue weighted by Crippen LogP contribution is 2.68. The molecule has 0 aromatic rings. The van der Waals surface area contributed by atoms with E-state index in [0.717, 1.165) is 25.7 Å². The van der Waals surface area contributed by atoms with Crippen molar-refractivity contribution in [2.75, 3.05) is 6.61 Å². The zero-order valence-corrected chi connectivity index (χ0v) is 17.0. The number of aliphatic hydroxyl groups excluding tert-OH is 2. The first-order valence-electron chi connectivity index (χ1n) is 11.0. The molecule has 162 valence electrons. The molecule has 4 rings (SSSR count). The van der Waals surface area contributed by atoms with E-state index in [1.807, 2.05) is 0 Å². The van der Waals surface area contributed by atoms with Crippen molar-refractivity contribution in [3.63, 3.8) is 0 Å². The molecule has 0 aromatic heterocycles. The molecular weight excluding hydrogens is 369 g/mol. The first-order chi connectivity index (χ1) is 13.0. The van der Waals surface area contributed by atoms with Gasteiger partial charge in [0.15, 0.2) is 5.60 Å². The molecule has 0 bridgehead atoms. The second kappa shape index (κ2) is 6.58. The van der Waals surface area contributed by atoms with Crippen molar-refractivity contribution in [3.8, 4) is 0 Å². The second-order valence-corrected chi connectivity index (χ2v) is 10.9. The molecule has 4 unspecified atom stereocenters. The Kier molecular flexibility index (Phi) is 4.92. The summed E-state index contributed by atoms with van der Waals surface area (Å²) in [6, 6.07) is 0. The number of halogens is 3. The minimum Gasteiger partial charge on any atom is -0.396 e. The smallest absolute Gasteiger partial charge is 0.396 e. The lowest BCUT2D eigenvalue weighted by atomic mass is 9.43. The van der Waals surface area contributed by atoms with Gasteiger partial charge in [0.2, 0.25) is 0 Å². The van der Waals surface area contributed by atoms with E-state index in [9.17, 15) is 28.5 Å². The van der Waals surface area contributed by atoms with E-state index in [1.54, 1.807) is 0 Å². The summed E-state index contributed by atoms with van der Waals surface area (Å²) >= 11 is 0. The minimum absolute atomic E-state index is 0.0217. The second-order valence-electron chi connectivity index (χ2n) is 10.9. The normalized spacial score (nSPS) is 54.0. The SMILES string of the molecule is CC12CC(O)C3[C@@H](CC[C@@H]4C[C@](O)(C(F)(F)F)CC[C@]34C)C1CC[C@@H]2CCO. The van der Waals surface area contributed by atoms with Crippen LogP contribution in [0.3, 0.4) is 0 Å². The summed E-state index contributed by atoms with van der Waals surface area (Å²) in [4.78, 5) is 0. The predicted octanol–water partition coefficient (Wildman–Crippen LogP) is 4.29. The Morgan fingerprint density at radius 3 is 2.32 bits per heavy atom. The van der Waals surface area contributed by atoms with Gasteiger partial charge < -0.3 is 15.3 Å². The zero-order valence-electron chi connectivity index (χ0n) is 17.0. The molecule has 0 spiro atoms. The van der Waals surface area contributed by atoms with Gasteiger partial charge in [-0.25, -0.2) is 0 Å². The molecular formula is C22H35F3O3. The standard InChI is InChI=1S/C22H35F3O3/c1-19-8-9-21(28,22(23,24)25)11-14(19)3-5-15-16-6-4-13(7-10-26)20(16,2)12-17(27)18(15)19/h13-18,26-28H,3-12H2,1-2H3/t13-,14-,15+,16?,17?,18?,19+,20?,21+/m1/s1. The third-order valence-corrected chi connectivity index (χ3v) is 9.86. The van der Waals surface area contributed by atoms with Gasteiger partial charge in [0.25, 0.3) is 0 Å². The van der Waals surface area contributed by atoms with Crippen molar-refractivity contribution in [2.24, 2.45) is 40.4 Å². The predicted molar refractivity (Wildman–Crippen MR) is 99.3 cm³/mol. The lowest BCUT2D eigenvalue weighted by molar-refractivity contribution is -0.293. The Labute approximate surface area is 165 Å². The third kappa shape index (κ3) is 2.80. The van der Waals surface area contributed by atoms with Gasteiger partial charge in [-0.2, -0.15) is 13.2 Å². The number of alkyl halides is 3. The highest BCUT2D eigenvalue weighted by atomic mass is 19.4. The monoisotopic (exact) mass is 404 g/mol. The van der Waals surface area contributed by atoms with Crippen molar-refractivity contribution in [1.82, 2.24) is 0 Å². The average molecular weight is 405 g/mol. The fourth-order valence-electron chi connectivity index (χ4n) is 8.36. The van der Waals surface area contributed by atoms with E-state index >= 15 is 0 Å². The molecule has 9 atom stereocenters. The molecule has 4 fully saturated rings. The maximum absolute atomic E-state index is 13.4. The van der Waals surface area contributed by atoms with Crippen molar-refractivity contribution in [3.05, 3.63) is 0 Å². The number of fused-ring (bicyclic) bond motifs is 5. The molecule has 6 heteroatoms. The summed E-state index contributed by atoms with van der Waals surface area (Å²) in [7, 11) is 0. The molecule has 0 saturated heterocycles. The van der Waals surface area contributed by atoms with E-state index in [1.165, 1.54) is 0 Å². The number of hydrogen-bond donors (Lipinski definition) is 3. The third-order valence-electron chi connectivity index (χ3n) is 9.86. The van der Waals surface area contributed by atoms with Gasteiger partial charge in [0.05, 0.1) is 6.10 Å². The molecule has 3 N–H and O–H groups in total. The maximum Gasteiger partial charge on any atom is 0.417 e. The van der Waals surface area contributed by atoms with Crippen LogP contribution in [0, 0.1) is 40.4 Å². The molecule has 0 amide bonds. The maximum atomic E-state index is 13.4. The van der Waals surface area contributed by atoms with Crippen LogP contribution in [-0.2, 0) is 0 Å². The van der Waals surface area contributed by atoms with Gasteiger partial charge >= 0.3 is 6.18 Å².